The Labute approximate surface area is 120 Å². The molecule has 0 amide bonds. The zero-order valence-corrected chi connectivity index (χ0v) is 13.9. The Morgan fingerprint density at radius 1 is 1.41 bits per heavy atom. The first-order valence-electron chi connectivity index (χ1n) is 5.71. The molecule has 0 unspecified atom stereocenters. The van der Waals surface area contributed by atoms with E-state index in [1.807, 2.05) is 6.07 Å². The molecule has 96 valence electrons. The molecule has 0 aliphatic carbocycles. The summed E-state index contributed by atoms with van der Waals surface area (Å²) in [7, 11) is 0. The molecule has 0 bridgehead atoms. The lowest BCUT2D eigenvalue weighted by molar-refractivity contribution is 0.442. The summed E-state index contributed by atoms with van der Waals surface area (Å²) in [4.78, 5) is 0. The normalized spacial score (nSPS) is 13.2. The van der Waals surface area contributed by atoms with Gasteiger partial charge in [-0.2, -0.15) is 0 Å². The van der Waals surface area contributed by atoms with Crippen molar-refractivity contribution in [2.75, 3.05) is 6.54 Å². The van der Waals surface area contributed by atoms with E-state index in [1.54, 1.807) is 0 Å². The van der Waals surface area contributed by atoms with E-state index >= 15 is 0 Å². The van der Waals surface area contributed by atoms with Gasteiger partial charge in [0.1, 0.15) is 5.76 Å². The largest absolute Gasteiger partial charge is 0.449 e. The molecular formula is C13H19Br2NO. The summed E-state index contributed by atoms with van der Waals surface area (Å²) in [5.41, 5.74) is 1.46. The number of nitrogens with one attached hydrogen (secondary N) is 1. The fraction of sp³-hybridized carbons (Fsp3) is 0.538. The monoisotopic (exact) mass is 363 g/mol. The zero-order chi connectivity index (χ0) is 13.1. The van der Waals surface area contributed by atoms with Gasteiger partial charge in [0.05, 0.1) is 4.47 Å². The summed E-state index contributed by atoms with van der Waals surface area (Å²) in [6, 6.07) is 1.97. The van der Waals surface area contributed by atoms with Crippen molar-refractivity contribution in [2.45, 2.75) is 39.7 Å². The number of furan rings is 1. The third-order valence-corrected chi connectivity index (χ3v) is 4.02. The van der Waals surface area contributed by atoms with Gasteiger partial charge in [0.15, 0.2) is 4.67 Å². The average molecular weight is 365 g/mol. The number of hydrogen-bond donors (Lipinski definition) is 1. The minimum Gasteiger partial charge on any atom is -0.449 e. The molecule has 4 heteroatoms. The topological polar surface area (TPSA) is 25.2 Å². The third-order valence-electron chi connectivity index (χ3n) is 2.31. The van der Waals surface area contributed by atoms with Gasteiger partial charge >= 0.3 is 0 Å². The van der Waals surface area contributed by atoms with E-state index in [0.29, 0.717) is 0 Å². The van der Waals surface area contributed by atoms with Gasteiger partial charge in [-0.25, -0.2) is 0 Å². The molecule has 1 aromatic heterocycles. The Morgan fingerprint density at radius 2 is 2.06 bits per heavy atom. The Balaban J connectivity index is 2.73. The summed E-state index contributed by atoms with van der Waals surface area (Å²) in [6.07, 6.45) is 3.10. The molecule has 0 aromatic carbocycles. The molecule has 0 aliphatic rings. The van der Waals surface area contributed by atoms with E-state index in [0.717, 1.165) is 27.9 Å². The molecule has 1 rings (SSSR count). The van der Waals surface area contributed by atoms with Crippen LogP contribution in [-0.4, -0.2) is 12.1 Å². The molecule has 1 N–H and O–H groups in total. The van der Waals surface area contributed by atoms with Gasteiger partial charge in [0.25, 0.3) is 0 Å². The fourth-order valence-electron chi connectivity index (χ4n) is 1.29. The summed E-state index contributed by atoms with van der Waals surface area (Å²) < 4.78 is 7.23. The van der Waals surface area contributed by atoms with E-state index < -0.39 is 0 Å². The van der Waals surface area contributed by atoms with E-state index in [1.165, 1.54) is 5.57 Å². The quantitative estimate of drug-likeness (QED) is 0.814. The Hall–Kier alpha value is -0.0600. The molecule has 1 heterocycles. The predicted octanol–water partition coefficient (Wildman–Crippen LogP) is 4.99. The Morgan fingerprint density at radius 3 is 2.47 bits per heavy atom. The highest BCUT2D eigenvalue weighted by Gasteiger charge is 2.10. The standard InChI is InChI=1S/C13H19Br2NO/c1-5-9(8-16-13(2,3)4)6-10-7-11(14)12(15)17-10/h6-7,16H,5,8H2,1-4H3. The molecule has 0 atom stereocenters. The van der Waals surface area contributed by atoms with Crippen LogP contribution in [0.4, 0.5) is 0 Å². The molecule has 0 aliphatic heterocycles. The molecule has 0 fully saturated rings. The predicted molar refractivity (Wildman–Crippen MR) is 80.1 cm³/mol. The summed E-state index contributed by atoms with van der Waals surface area (Å²) in [6.45, 7) is 9.54. The maximum Gasteiger partial charge on any atom is 0.184 e. The summed E-state index contributed by atoms with van der Waals surface area (Å²) >= 11 is 6.75. The summed E-state index contributed by atoms with van der Waals surface area (Å²) in [5.74, 6) is 0.872. The second-order valence-electron chi connectivity index (χ2n) is 5.03. The minimum atomic E-state index is 0.137. The summed E-state index contributed by atoms with van der Waals surface area (Å²) in [5, 5.41) is 3.48. The van der Waals surface area contributed by atoms with Crippen LogP contribution < -0.4 is 5.32 Å². The molecule has 0 radical (unpaired) electrons. The van der Waals surface area contributed by atoms with Crippen LogP contribution >= 0.6 is 31.9 Å². The van der Waals surface area contributed by atoms with Crippen LogP contribution in [0.1, 0.15) is 39.9 Å². The van der Waals surface area contributed by atoms with Crippen LogP contribution in [0.15, 0.2) is 25.2 Å². The smallest absolute Gasteiger partial charge is 0.184 e. The Kier molecular flexibility index (Phi) is 5.48. The van der Waals surface area contributed by atoms with Gasteiger partial charge in [-0.15, -0.1) is 0 Å². The van der Waals surface area contributed by atoms with E-state index in [9.17, 15) is 0 Å². The Bertz CT molecular complexity index is 383. The van der Waals surface area contributed by atoms with E-state index in [-0.39, 0.29) is 5.54 Å². The lowest BCUT2D eigenvalue weighted by Crippen LogP contribution is -2.36. The highest BCUT2D eigenvalue weighted by Crippen LogP contribution is 2.28. The fourth-order valence-corrected chi connectivity index (χ4v) is 1.90. The van der Waals surface area contributed by atoms with Gasteiger partial charge in [-0.3, -0.25) is 0 Å². The van der Waals surface area contributed by atoms with Crippen molar-refractivity contribution in [1.29, 1.82) is 0 Å². The van der Waals surface area contributed by atoms with Crippen molar-refractivity contribution in [3.05, 3.63) is 26.5 Å². The maximum absolute atomic E-state index is 5.54. The minimum absolute atomic E-state index is 0.137. The molecule has 0 spiro atoms. The van der Waals surface area contributed by atoms with Crippen LogP contribution in [-0.2, 0) is 0 Å². The molecule has 0 saturated heterocycles. The molecule has 2 nitrogen and oxygen atoms in total. The number of hydrogen-bond acceptors (Lipinski definition) is 2. The average Bonchev–Trinajstić information content (AvgIpc) is 2.51. The molecule has 1 aromatic rings. The van der Waals surface area contributed by atoms with Crippen molar-refractivity contribution in [3.8, 4) is 0 Å². The first-order valence-corrected chi connectivity index (χ1v) is 7.29. The lowest BCUT2D eigenvalue weighted by Gasteiger charge is -2.21. The van der Waals surface area contributed by atoms with Crippen molar-refractivity contribution < 1.29 is 4.42 Å². The second-order valence-corrected chi connectivity index (χ2v) is 6.60. The van der Waals surface area contributed by atoms with E-state index in [2.05, 4.69) is 70.9 Å². The van der Waals surface area contributed by atoms with Gasteiger partial charge in [-0.05, 0) is 71.2 Å². The van der Waals surface area contributed by atoms with Gasteiger partial charge in [0, 0.05) is 12.1 Å². The second kappa shape index (κ2) is 6.21. The third kappa shape index (κ3) is 5.40. The molecule has 17 heavy (non-hydrogen) atoms. The van der Waals surface area contributed by atoms with Crippen LogP contribution in [0.5, 0.6) is 0 Å². The first kappa shape index (κ1) is 15.0. The molecule has 0 saturated carbocycles. The van der Waals surface area contributed by atoms with Crippen molar-refractivity contribution >= 4 is 37.9 Å². The zero-order valence-electron chi connectivity index (χ0n) is 10.7. The van der Waals surface area contributed by atoms with Crippen molar-refractivity contribution in [1.82, 2.24) is 5.32 Å². The van der Waals surface area contributed by atoms with Crippen LogP contribution in [0.3, 0.4) is 0 Å². The maximum atomic E-state index is 5.54. The van der Waals surface area contributed by atoms with Gasteiger partial charge < -0.3 is 9.73 Å². The molecular weight excluding hydrogens is 346 g/mol. The van der Waals surface area contributed by atoms with Crippen LogP contribution in [0, 0.1) is 0 Å². The SMILES string of the molecule is CCC(=Cc1cc(Br)c(Br)o1)CNC(C)(C)C. The van der Waals surface area contributed by atoms with Crippen LogP contribution in [0.2, 0.25) is 0 Å². The number of rotatable bonds is 4. The van der Waals surface area contributed by atoms with Crippen molar-refractivity contribution in [3.63, 3.8) is 0 Å². The first-order chi connectivity index (χ1) is 7.81. The van der Waals surface area contributed by atoms with E-state index in [4.69, 9.17) is 4.42 Å². The van der Waals surface area contributed by atoms with Gasteiger partial charge in [-0.1, -0.05) is 12.5 Å². The number of halogens is 2. The van der Waals surface area contributed by atoms with Gasteiger partial charge in [0.2, 0.25) is 0 Å². The van der Waals surface area contributed by atoms with Crippen LogP contribution in [0.25, 0.3) is 6.08 Å². The van der Waals surface area contributed by atoms with Crippen molar-refractivity contribution in [2.24, 2.45) is 0 Å². The highest BCUT2D eigenvalue weighted by atomic mass is 79.9. The lowest BCUT2D eigenvalue weighted by atomic mass is 10.1. The highest BCUT2D eigenvalue weighted by molar-refractivity contribution is 9.13.